The summed E-state index contributed by atoms with van der Waals surface area (Å²) in [6.45, 7) is 3.72. The SMILES string of the molecule is CCC(=N)C(CC)C(N)=O.Cl. The van der Waals surface area contributed by atoms with Crippen LogP contribution >= 0.6 is 12.4 Å². The molecule has 0 radical (unpaired) electrons. The van der Waals surface area contributed by atoms with E-state index in [2.05, 4.69) is 0 Å². The van der Waals surface area contributed by atoms with Crippen molar-refractivity contribution >= 4 is 24.0 Å². The Morgan fingerprint density at radius 3 is 2.09 bits per heavy atom. The zero-order valence-electron chi connectivity index (χ0n) is 6.89. The van der Waals surface area contributed by atoms with Gasteiger partial charge in [0.1, 0.15) is 0 Å². The van der Waals surface area contributed by atoms with Crippen molar-refractivity contribution < 1.29 is 4.79 Å². The quantitative estimate of drug-likeness (QED) is 0.627. The molecule has 0 aromatic carbocycles. The van der Waals surface area contributed by atoms with Crippen molar-refractivity contribution in [2.24, 2.45) is 11.7 Å². The van der Waals surface area contributed by atoms with E-state index in [-0.39, 0.29) is 24.2 Å². The Kier molecular flexibility index (Phi) is 7.31. The maximum atomic E-state index is 10.6. The summed E-state index contributed by atoms with van der Waals surface area (Å²) in [4.78, 5) is 10.6. The molecule has 1 amide bonds. The predicted octanol–water partition coefficient (Wildman–Crippen LogP) is 1.35. The molecule has 66 valence electrons. The summed E-state index contributed by atoms with van der Waals surface area (Å²) in [6, 6.07) is 0. The summed E-state index contributed by atoms with van der Waals surface area (Å²) >= 11 is 0. The summed E-state index contributed by atoms with van der Waals surface area (Å²) in [7, 11) is 0. The van der Waals surface area contributed by atoms with Crippen LogP contribution in [-0.4, -0.2) is 11.6 Å². The van der Waals surface area contributed by atoms with Gasteiger partial charge in [-0.2, -0.15) is 0 Å². The predicted molar refractivity (Wildman–Crippen MR) is 48.2 cm³/mol. The number of rotatable bonds is 4. The number of carbonyl (C=O) groups excluding carboxylic acids is 1. The molecule has 0 aliphatic carbocycles. The Hall–Kier alpha value is -0.570. The van der Waals surface area contributed by atoms with Crippen molar-refractivity contribution in [3.05, 3.63) is 0 Å². The Balaban J connectivity index is 0. The van der Waals surface area contributed by atoms with Gasteiger partial charge in [-0.1, -0.05) is 13.8 Å². The molecule has 0 saturated heterocycles. The molecule has 0 aromatic heterocycles. The lowest BCUT2D eigenvalue weighted by molar-refractivity contribution is -0.119. The average Bonchev–Trinajstić information content (AvgIpc) is 1.88. The van der Waals surface area contributed by atoms with E-state index in [1.807, 2.05) is 13.8 Å². The molecule has 0 aliphatic heterocycles. The molecule has 3 N–H and O–H groups in total. The monoisotopic (exact) mass is 178 g/mol. The second-order valence-corrected chi connectivity index (χ2v) is 2.24. The second kappa shape index (κ2) is 6.16. The molecule has 11 heavy (non-hydrogen) atoms. The standard InChI is InChI=1S/C7H14N2O.ClH/c1-3-5(7(9)10)6(8)4-2;/h5,8H,3-4H2,1-2H3,(H2,9,10);1H. The van der Waals surface area contributed by atoms with Crippen LogP contribution in [-0.2, 0) is 4.79 Å². The number of halogens is 1. The first-order chi connectivity index (χ1) is 4.63. The topological polar surface area (TPSA) is 66.9 Å². The van der Waals surface area contributed by atoms with E-state index >= 15 is 0 Å². The van der Waals surface area contributed by atoms with Gasteiger partial charge in [-0.05, 0) is 12.8 Å². The third-order valence-electron chi connectivity index (χ3n) is 1.55. The fourth-order valence-electron chi connectivity index (χ4n) is 0.866. The highest BCUT2D eigenvalue weighted by molar-refractivity contribution is 6.01. The largest absolute Gasteiger partial charge is 0.369 e. The Bertz CT molecular complexity index is 147. The van der Waals surface area contributed by atoms with Crippen LogP contribution in [0.3, 0.4) is 0 Å². The van der Waals surface area contributed by atoms with Crippen molar-refractivity contribution in [3.8, 4) is 0 Å². The molecule has 0 spiro atoms. The van der Waals surface area contributed by atoms with E-state index < -0.39 is 0 Å². The van der Waals surface area contributed by atoms with E-state index in [1.165, 1.54) is 0 Å². The number of nitrogens with two attached hydrogens (primary N) is 1. The van der Waals surface area contributed by atoms with Crippen molar-refractivity contribution in [1.82, 2.24) is 0 Å². The molecule has 4 heteroatoms. The smallest absolute Gasteiger partial charge is 0.226 e. The highest BCUT2D eigenvalue weighted by Gasteiger charge is 2.16. The lowest BCUT2D eigenvalue weighted by Crippen LogP contribution is -2.28. The van der Waals surface area contributed by atoms with Gasteiger partial charge in [0.25, 0.3) is 0 Å². The summed E-state index contributed by atoms with van der Waals surface area (Å²) in [6.07, 6.45) is 1.25. The zero-order chi connectivity index (χ0) is 8.15. The van der Waals surface area contributed by atoms with E-state index in [1.54, 1.807) is 0 Å². The van der Waals surface area contributed by atoms with Crippen molar-refractivity contribution in [1.29, 1.82) is 5.41 Å². The highest BCUT2D eigenvalue weighted by Crippen LogP contribution is 2.05. The van der Waals surface area contributed by atoms with Gasteiger partial charge in [-0.25, -0.2) is 0 Å². The number of hydrogen-bond acceptors (Lipinski definition) is 2. The van der Waals surface area contributed by atoms with Gasteiger partial charge in [0, 0.05) is 5.71 Å². The fourth-order valence-corrected chi connectivity index (χ4v) is 0.866. The van der Waals surface area contributed by atoms with E-state index in [9.17, 15) is 4.79 Å². The lowest BCUT2D eigenvalue weighted by Gasteiger charge is -2.09. The van der Waals surface area contributed by atoms with Gasteiger partial charge in [-0.15, -0.1) is 12.4 Å². The Labute approximate surface area is 73.3 Å². The number of amides is 1. The summed E-state index contributed by atoms with van der Waals surface area (Å²) in [5.74, 6) is -0.723. The lowest BCUT2D eigenvalue weighted by atomic mass is 9.98. The molecular weight excluding hydrogens is 164 g/mol. The molecule has 0 fully saturated rings. The number of carbonyl (C=O) groups is 1. The van der Waals surface area contributed by atoms with E-state index in [0.29, 0.717) is 18.6 Å². The molecule has 1 atom stereocenters. The zero-order valence-corrected chi connectivity index (χ0v) is 7.70. The van der Waals surface area contributed by atoms with Crippen LogP contribution in [0.1, 0.15) is 26.7 Å². The molecule has 0 aromatic rings. The summed E-state index contributed by atoms with van der Waals surface area (Å²) < 4.78 is 0. The van der Waals surface area contributed by atoms with Gasteiger partial charge in [0.2, 0.25) is 5.91 Å². The average molecular weight is 179 g/mol. The maximum absolute atomic E-state index is 10.6. The number of hydrogen-bond donors (Lipinski definition) is 2. The molecule has 0 heterocycles. The molecular formula is C7H15ClN2O. The molecule has 0 saturated carbocycles. The third-order valence-corrected chi connectivity index (χ3v) is 1.55. The van der Waals surface area contributed by atoms with Crippen LogP contribution in [0.5, 0.6) is 0 Å². The Morgan fingerprint density at radius 2 is 2.00 bits per heavy atom. The molecule has 0 rings (SSSR count). The highest BCUT2D eigenvalue weighted by atomic mass is 35.5. The van der Waals surface area contributed by atoms with Gasteiger partial charge in [0.15, 0.2) is 0 Å². The Morgan fingerprint density at radius 1 is 1.55 bits per heavy atom. The van der Waals surface area contributed by atoms with E-state index in [0.717, 1.165) is 0 Å². The van der Waals surface area contributed by atoms with Crippen molar-refractivity contribution in [2.75, 3.05) is 0 Å². The van der Waals surface area contributed by atoms with E-state index in [4.69, 9.17) is 11.1 Å². The van der Waals surface area contributed by atoms with Gasteiger partial charge >= 0.3 is 0 Å². The minimum Gasteiger partial charge on any atom is -0.369 e. The molecule has 3 nitrogen and oxygen atoms in total. The first-order valence-corrected chi connectivity index (χ1v) is 3.50. The fraction of sp³-hybridized carbons (Fsp3) is 0.714. The summed E-state index contributed by atoms with van der Waals surface area (Å²) in [5.41, 5.74) is 5.48. The maximum Gasteiger partial charge on any atom is 0.226 e. The second-order valence-electron chi connectivity index (χ2n) is 2.24. The number of primary amides is 1. The van der Waals surface area contributed by atoms with Gasteiger partial charge < -0.3 is 11.1 Å². The van der Waals surface area contributed by atoms with Crippen molar-refractivity contribution in [2.45, 2.75) is 26.7 Å². The minimum atomic E-state index is -0.380. The normalized spacial score (nSPS) is 11.5. The molecule has 0 bridgehead atoms. The van der Waals surface area contributed by atoms with Crippen molar-refractivity contribution in [3.63, 3.8) is 0 Å². The van der Waals surface area contributed by atoms with Crippen LogP contribution in [0, 0.1) is 11.3 Å². The van der Waals surface area contributed by atoms with Gasteiger partial charge in [-0.3, -0.25) is 4.79 Å². The van der Waals surface area contributed by atoms with Crippen LogP contribution in [0.2, 0.25) is 0 Å². The van der Waals surface area contributed by atoms with Crippen LogP contribution in [0.15, 0.2) is 0 Å². The first kappa shape index (κ1) is 13.1. The molecule has 0 aliphatic rings. The van der Waals surface area contributed by atoms with Crippen LogP contribution in [0.4, 0.5) is 0 Å². The van der Waals surface area contributed by atoms with Crippen LogP contribution in [0.25, 0.3) is 0 Å². The first-order valence-electron chi connectivity index (χ1n) is 3.50. The molecule has 1 unspecified atom stereocenters. The van der Waals surface area contributed by atoms with Crippen LogP contribution < -0.4 is 5.73 Å². The summed E-state index contributed by atoms with van der Waals surface area (Å²) in [5, 5.41) is 7.32. The third kappa shape index (κ3) is 3.98. The minimum absolute atomic E-state index is 0. The van der Waals surface area contributed by atoms with Gasteiger partial charge in [0.05, 0.1) is 5.92 Å². The number of nitrogens with one attached hydrogen (secondary N) is 1.